The van der Waals surface area contributed by atoms with Crippen molar-refractivity contribution in [1.29, 1.82) is 0 Å². The first-order valence-electron chi connectivity index (χ1n) is 7.95. The van der Waals surface area contributed by atoms with Gasteiger partial charge in [-0.2, -0.15) is 0 Å². The molecule has 0 aromatic heterocycles. The third-order valence-corrected chi connectivity index (χ3v) is 5.32. The standard InChI is InChI=1S/C16H25N3O3S/c1-12-5-4-9-19(10-8-12)13(2)16(20)18-14-6-3-7-15(11-14)23(17,21)22/h3,6-7,11-13H,4-5,8-10H2,1-2H3,(H,18,20)(H2,17,21,22)/t12-,13-/m0/s1. The molecular weight excluding hydrogens is 314 g/mol. The first-order chi connectivity index (χ1) is 10.8. The van der Waals surface area contributed by atoms with E-state index in [1.54, 1.807) is 12.1 Å². The second-order valence-electron chi connectivity index (χ2n) is 6.31. The molecular formula is C16H25N3O3S. The molecule has 1 saturated heterocycles. The van der Waals surface area contributed by atoms with Gasteiger partial charge in [0.1, 0.15) is 0 Å². The van der Waals surface area contributed by atoms with Crippen LogP contribution < -0.4 is 10.5 Å². The van der Waals surface area contributed by atoms with Crippen molar-refractivity contribution in [1.82, 2.24) is 4.90 Å². The predicted octanol–water partition coefficient (Wildman–Crippen LogP) is 1.78. The van der Waals surface area contributed by atoms with Gasteiger partial charge < -0.3 is 5.32 Å². The van der Waals surface area contributed by atoms with Crippen LogP contribution in [0.2, 0.25) is 0 Å². The molecule has 128 valence electrons. The predicted molar refractivity (Wildman–Crippen MR) is 90.5 cm³/mol. The lowest BCUT2D eigenvalue weighted by Gasteiger charge is -2.26. The van der Waals surface area contributed by atoms with Crippen LogP contribution in [0.25, 0.3) is 0 Å². The monoisotopic (exact) mass is 339 g/mol. The Labute approximate surface area is 138 Å². The molecule has 1 aromatic carbocycles. The molecule has 0 saturated carbocycles. The Morgan fingerprint density at radius 3 is 2.78 bits per heavy atom. The molecule has 0 aliphatic carbocycles. The largest absolute Gasteiger partial charge is 0.325 e. The number of nitrogens with one attached hydrogen (secondary N) is 1. The van der Waals surface area contributed by atoms with Gasteiger partial charge >= 0.3 is 0 Å². The summed E-state index contributed by atoms with van der Waals surface area (Å²) < 4.78 is 22.8. The summed E-state index contributed by atoms with van der Waals surface area (Å²) in [5.74, 6) is 0.563. The Balaban J connectivity index is 2.03. The van der Waals surface area contributed by atoms with E-state index in [9.17, 15) is 13.2 Å². The van der Waals surface area contributed by atoms with Gasteiger partial charge in [-0.3, -0.25) is 9.69 Å². The van der Waals surface area contributed by atoms with Gasteiger partial charge in [-0.1, -0.05) is 13.0 Å². The molecule has 0 bridgehead atoms. The number of nitrogens with two attached hydrogens (primary N) is 1. The summed E-state index contributed by atoms with van der Waals surface area (Å²) in [6.45, 7) is 5.95. The number of sulfonamides is 1. The van der Waals surface area contributed by atoms with Gasteiger partial charge in [0, 0.05) is 5.69 Å². The summed E-state index contributed by atoms with van der Waals surface area (Å²) in [4.78, 5) is 14.6. The van der Waals surface area contributed by atoms with Crippen LogP contribution in [0.15, 0.2) is 29.2 Å². The lowest BCUT2D eigenvalue weighted by Crippen LogP contribution is -2.42. The quantitative estimate of drug-likeness (QED) is 0.874. The Morgan fingerprint density at radius 1 is 1.35 bits per heavy atom. The van der Waals surface area contributed by atoms with Crippen molar-refractivity contribution in [2.45, 2.75) is 44.0 Å². The third kappa shape index (κ3) is 5.02. The van der Waals surface area contributed by atoms with Crippen LogP contribution in [0.5, 0.6) is 0 Å². The summed E-state index contributed by atoms with van der Waals surface area (Å²) in [6.07, 6.45) is 3.39. The molecule has 1 amide bonds. The highest BCUT2D eigenvalue weighted by atomic mass is 32.2. The molecule has 23 heavy (non-hydrogen) atoms. The van der Waals surface area contributed by atoms with Crippen LogP contribution in [0.1, 0.15) is 33.1 Å². The Bertz CT molecular complexity index is 660. The molecule has 7 heteroatoms. The highest BCUT2D eigenvalue weighted by molar-refractivity contribution is 7.89. The molecule has 6 nitrogen and oxygen atoms in total. The number of carbonyl (C=O) groups is 1. The van der Waals surface area contributed by atoms with E-state index >= 15 is 0 Å². The van der Waals surface area contributed by atoms with Crippen molar-refractivity contribution in [3.63, 3.8) is 0 Å². The van der Waals surface area contributed by atoms with Crippen LogP contribution in [-0.2, 0) is 14.8 Å². The van der Waals surface area contributed by atoms with Crippen molar-refractivity contribution in [2.75, 3.05) is 18.4 Å². The zero-order valence-electron chi connectivity index (χ0n) is 13.7. The zero-order valence-corrected chi connectivity index (χ0v) is 14.5. The summed E-state index contributed by atoms with van der Waals surface area (Å²) in [5, 5.41) is 7.90. The number of anilines is 1. The van der Waals surface area contributed by atoms with Crippen LogP contribution in [0.3, 0.4) is 0 Å². The molecule has 0 radical (unpaired) electrons. The highest BCUT2D eigenvalue weighted by Crippen LogP contribution is 2.19. The van der Waals surface area contributed by atoms with Gasteiger partial charge in [0.05, 0.1) is 10.9 Å². The van der Waals surface area contributed by atoms with E-state index in [0.29, 0.717) is 11.6 Å². The minimum absolute atomic E-state index is 0.00782. The van der Waals surface area contributed by atoms with Gasteiger partial charge in [-0.25, -0.2) is 13.6 Å². The number of likely N-dealkylation sites (tertiary alicyclic amines) is 1. The molecule has 0 spiro atoms. The smallest absolute Gasteiger partial charge is 0.241 e. The molecule has 1 fully saturated rings. The van der Waals surface area contributed by atoms with Crippen molar-refractivity contribution in [3.8, 4) is 0 Å². The molecule has 1 aromatic rings. The van der Waals surface area contributed by atoms with Crippen LogP contribution in [-0.4, -0.2) is 38.4 Å². The summed E-state index contributed by atoms with van der Waals surface area (Å²) in [7, 11) is -3.77. The number of hydrogen-bond acceptors (Lipinski definition) is 4. The molecule has 2 atom stereocenters. The number of nitrogens with zero attached hydrogens (tertiary/aromatic N) is 1. The van der Waals surface area contributed by atoms with Gasteiger partial charge in [-0.15, -0.1) is 0 Å². The highest BCUT2D eigenvalue weighted by Gasteiger charge is 2.24. The lowest BCUT2D eigenvalue weighted by atomic mass is 10.0. The fourth-order valence-electron chi connectivity index (χ4n) is 2.84. The summed E-state index contributed by atoms with van der Waals surface area (Å²) >= 11 is 0. The van der Waals surface area contributed by atoms with E-state index < -0.39 is 10.0 Å². The number of carbonyl (C=O) groups excluding carboxylic acids is 1. The van der Waals surface area contributed by atoms with Gasteiger partial charge in [0.25, 0.3) is 0 Å². The Morgan fingerprint density at radius 2 is 2.09 bits per heavy atom. The molecule has 0 unspecified atom stereocenters. The topological polar surface area (TPSA) is 92.5 Å². The Kier molecular flexibility index (Phi) is 5.78. The second kappa shape index (κ2) is 7.42. The van der Waals surface area contributed by atoms with Crippen molar-refractivity contribution in [2.24, 2.45) is 11.1 Å². The Hall–Kier alpha value is -1.44. The fourth-order valence-corrected chi connectivity index (χ4v) is 3.40. The summed E-state index contributed by atoms with van der Waals surface area (Å²) in [6, 6.07) is 5.76. The lowest BCUT2D eigenvalue weighted by molar-refractivity contribution is -0.120. The molecule has 1 heterocycles. The minimum atomic E-state index is -3.77. The molecule has 3 N–H and O–H groups in total. The number of amides is 1. The van der Waals surface area contributed by atoms with E-state index in [1.165, 1.54) is 18.6 Å². The number of hydrogen-bond donors (Lipinski definition) is 2. The number of rotatable bonds is 4. The molecule has 1 aliphatic rings. The maximum atomic E-state index is 12.4. The molecule has 1 aliphatic heterocycles. The van der Waals surface area contributed by atoms with Crippen molar-refractivity contribution < 1.29 is 13.2 Å². The van der Waals surface area contributed by atoms with Crippen molar-refractivity contribution >= 4 is 21.6 Å². The maximum absolute atomic E-state index is 12.4. The second-order valence-corrected chi connectivity index (χ2v) is 7.87. The SMILES string of the molecule is C[C@H]1CCCN([C@@H](C)C(=O)Nc2cccc(S(N)(=O)=O)c2)CC1. The average Bonchev–Trinajstić information content (AvgIpc) is 2.70. The minimum Gasteiger partial charge on any atom is -0.325 e. The van der Waals surface area contributed by atoms with Crippen LogP contribution in [0, 0.1) is 5.92 Å². The third-order valence-electron chi connectivity index (χ3n) is 4.41. The first-order valence-corrected chi connectivity index (χ1v) is 9.50. The van der Waals surface area contributed by atoms with E-state index in [4.69, 9.17) is 5.14 Å². The normalized spacial score (nSPS) is 21.4. The number of benzene rings is 1. The van der Waals surface area contributed by atoms with E-state index in [0.717, 1.165) is 25.9 Å². The van der Waals surface area contributed by atoms with E-state index in [1.807, 2.05) is 6.92 Å². The van der Waals surface area contributed by atoms with Crippen LogP contribution in [0.4, 0.5) is 5.69 Å². The number of primary sulfonamides is 1. The average molecular weight is 339 g/mol. The van der Waals surface area contributed by atoms with E-state index in [2.05, 4.69) is 17.1 Å². The van der Waals surface area contributed by atoms with E-state index in [-0.39, 0.29) is 16.8 Å². The molecule has 2 rings (SSSR count). The van der Waals surface area contributed by atoms with Crippen LogP contribution >= 0.6 is 0 Å². The zero-order chi connectivity index (χ0) is 17.0. The van der Waals surface area contributed by atoms with Gasteiger partial charge in [0.15, 0.2) is 0 Å². The van der Waals surface area contributed by atoms with Gasteiger partial charge in [-0.05, 0) is 63.4 Å². The fraction of sp³-hybridized carbons (Fsp3) is 0.562. The summed E-state index contributed by atoms with van der Waals surface area (Å²) in [5.41, 5.74) is 0.441. The maximum Gasteiger partial charge on any atom is 0.241 e. The first kappa shape index (κ1) is 17.9. The van der Waals surface area contributed by atoms with Gasteiger partial charge in [0.2, 0.25) is 15.9 Å². The van der Waals surface area contributed by atoms with Crippen molar-refractivity contribution in [3.05, 3.63) is 24.3 Å².